The van der Waals surface area contributed by atoms with Crippen LogP contribution in [0.15, 0.2) is 132 Å². The Hall–Kier alpha value is -5.28. The topological polar surface area (TPSA) is 308 Å². The van der Waals surface area contributed by atoms with Gasteiger partial charge in [0.05, 0.1) is 20.4 Å². The SMILES string of the molecule is Cc1nn(-c2cccc(S(N)(=O)=O)c2)c(=O)[c-]1N=Nc1cc([N+](=O)[O-])ccc1O.NS(=O)(=O)c1ccc(O)c(N=Nc2c(O)ccc3ccccc23)c1.[Cr].[Na+]. The molecule has 0 aliphatic rings. The number of nitro benzene ring substituents is 1. The second kappa shape index (κ2) is 17.9. The molecule has 1 aromatic heterocycles. The molecule has 55 heavy (non-hydrogen) atoms. The van der Waals surface area contributed by atoms with Crippen molar-refractivity contribution in [3.05, 3.63) is 123 Å². The molecule has 278 valence electrons. The van der Waals surface area contributed by atoms with Crippen LogP contribution in [-0.4, -0.2) is 46.9 Å². The Morgan fingerprint density at radius 1 is 0.764 bits per heavy atom. The number of azo groups is 2. The van der Waals surface area contributed by atoms with Gasteiger partial charge in [-0.15, -0.1) is 15.9 Å². The number of hydrogen-bond acceptors (Lipinski definition) is 15. The fraction of sp³-hybridized carbons (Fsp3) is 0.0312. The number of phenols is 3. The number of benzene rings is 5. The van der Waals surface area contributed by atoms with Crippen molar-refractivity contribution in [3.63, 3.8) is 0 Å². The van der Waals surface area contributed by atoms with Gasteiger partial charge in [-0.05, 0) is 53.9 Å². The summed E-state index contributed by atoms with van der Waals surface area (Å²) in [4.78, 5) is 22.4. The van der Waals surface area contributed by atoms with E-state index in [1.54, 1.807) is 18.2 Å². The zero-order valence-electron chi connectivity index (χ0n) is 28.4. The first-order valence-corrected chi connectivity index (χ1v) is 17.8. The third-order valence-corrected chi connectivity index (χ3v) is 9.04. The normalized spacial score (nSPS) is 11.5. The van der Waals surface area contributed by atoms with Crippen molar-refractivity contribution >= 4 is 59.3 Å². The third-order valence-electron chi connectivity index (χ3n) is 7.22. The van der Waals surface area contributed by atoms with E-state index >= 15 is 0 Å². The largest absolute Gasteiger partial charge is 1.00 e. The predicted octanol–water partition coefficient (Wildman–Crippen LogP) is 2.25. The Morgan fingerprint density at radius 2 is 1.36 bits per heavy atom. The van der Waals surface area contributed by atoms with Gasteiger partial charge in [0.15, 0.2) is 0 Å². The Morgan fingerprint density at radius 3 is 2.02 bits per heavy atom. The molecule has 6 rings (SSSR count). The van der Waals surface area contributed by atoms with E-state index < -0.39 is 30.5 Å². The molecule has 6 aromatic rings. The van der Waals surface area contributed by atoms with E-state index in [1.165, 1.54) is 43.3 Å². The molecule has 0 saturated carbocycles. The van der Waals surface area contributed by atoms with Crippen LogP contribution in [0.3, 0.4) is 0 Å². The first kappa shape index (κ1) is 44.1. The number of aromatic hydroxyl groups is 3. The van der Waals surface area contributed by atoms with Crippen molar-refractivity contribution in [1.82, 2.24) is 9.78 Å². The van der Waals surface area contributed by atoms with Gasteiger partial charge in [-0.2, -0.15) is 5.11 Å². The summed E-state index contributed by atoms with van der Waals surface area (Å²) in [5.41, 5.74) is -0.954. The molecule has 0 radical (unpaired) electrons. The number of fused-ring (bicyclic) bond motifs is 1. The van der Waals surface area contributed by atoms with Crippen LogP contribution in [-0.2, 0) is 37.4 Å². The van der Waals surface area contributed by atoms with Gasteiger partial charge in [-0.25, -0.2) is 36.9 Å². The first-order chi connectivity index (χ1) is 24.9. The smallest absolute Gasteiger partial charge is 0.506 e. The Bertz CT molecular complexity index is 2760. The van der Waals surface area contributed by atoms with E-state index in [0.29, 0.717) is 5.39 Å². The number of nitrogens with two attached hydrogens (primary N) is 2. The quantitative estimate of drug-likeness (QED) is 0.0487. The Kier molecular flexibility index (Phi) is 14.4. The molecule has 19 nitrogen and oxygen atoms in total. The second-order valence-electron chi connectivity index (χ2n) is 10.9. The molecule has 1 heterocycles. The second-order valence-corrected chi connectivity index (χ2v) is 14.0. The van der Waals surface area contributed by atoms with Gasteiger partial charge in [0, 0.05) is 34.9 Å². The molecule has 0 unspecified atom stereocenters. The fourth-order valence-electron chi connectivity index (χ4n) is 4.60. The van der Waals surface area contributed by atoms with Gasteiger partial charge in [0.25, 0.3) is 5.69 Å². The molecule has 0 aliphatic heterocycles. The van der Waals surface area contributed by atoms with E-state index in [-0.39, 0.29) is 114 Å². The van der Waals surface area contributed by atoms with Crippen molar-refractivity contribution in [2.75, 3.05) is 0 Å². The van der Waals surface area contributed by atoms with Crippen molar-refractivity contribution in [2.45, 2.75) is 16.7 Å². The van der Waals surface area contributed by atoms with Crippen molar-refractivity contribution in [3.8, 4) is 22.9 Å². The minimum absolute atomic E-state index is 0. The van der Waals surface area contributed by atoms with E-state index in [0.717, 1.165) is 40.4 Å². The molecule has 0 spiro atoms. The fourth-order valence-corrected chi connectivity index (χ4v) is 5.69. The van der Waals surface area contributed by atoms with Gasteiger partial charge in [-0.1, -0.05) is 49.0 Å². The number of non-ortho nitro benzene ring substituents is 1. The van der Waals surface area contributed by atoms with Gasteiger partial charge < -0.3 is 25.2 Å². The van der Waals surface area contributed by atoms with Crippen LogP contribution in [0, 0.1) is 17.0 Å². The summed E-state index contributed by atoms with van der Waals surface area (Å²) in [6.45, 7) is 1.48. The number of hydrogen-bond donors (Lipinski definition) is 5. The molecule has 23 heteroatoms. The van der Waals surface area contributed by atoms with Crippen LogP contribution in [0.25, 0.3) is 16.5 Å². The van der Waals surface area contributed by atoms with Crippen molar-refractivity contribution in [2.24, 2.45) is 30.7 Å². The standard InChI is InChI=1S/C16H13N6O6S.C16H13N3O4S.Cr.Na/c1-9-15(19-18-13-8-11(22(25)26)5-6-14(13)23)16(24)21(20-9)10-3-2-4-12(7-10)29(17,27)28;17-24(22,23)11-6-8-14(20)13(9-11)18-19-16-12-4-2-1-3-10(12)5-7-15(16)21;;/h2-8,23H,1H3,(H2,17,27,28);1-9,20-21H,(H2,17,22,23);;/q-1;;;+1. The number of aromatic nitrogens is 2. The van der Waals surface area contributed by atoms with Gasteiger partial charge in [-0.3, -0.25) is 10.1 Å². The van der Waals surface area contributed by atoms with Gasteiger partial charge in [0.2, 0.25) is 20.0 Å². The number of aryl methyl sites for hydroxylation is 1. The van der Waals surface area contributed by atoms with E-state index in [2.05, 4.69) is 25.6 Å². The van der Waals surface area contributed by atoms with Crippen LogP contribution in [0.1, 0.15) is 5.69 Å². The summed E-state index contributed by atoms with van der Waals surface area (Å²) >= 11 is 0. The molecule has 0 atom stereocenters. The average Bonchev–Trinajstić information content (AvgIpc) is 3.39. The minimum Gasteiger partial charge on any atom is -0.506 e. The zero-order chi connectivity index (χ0) is 38.7. The molecule has 0 aliphatic carbocycles. The maximum atomic E-state index is 12.6. The van der Waals surface area contributed by atoms with Gasteiger partial charge >= 0.3 is 29.6 Å². The summed E-state index contributed by atoms with van der Waals surface area (Å²) in [7, 11) is -7.91. The zero-order valence-corrected chi connectivity index (χ0v) is 33.4. The molecule has 0 saturated heterocycles. The van der Waals surface area contributed by atoms with Crippen LogP contribution in [0.2, 0.25) is 0 Å². The maximum absolute atomic E-state index is 12.6. The van der Waals surface area contributed by atoms with E-state index in [1.807, 2.05) is 12.1 Å². The summed E-state index contributed by atoms with van der Waals surface area (Å²) in [5, 5.41) is 71.4. The summed E-state index contributed by atoms with van der Waals surface area (Å²) in [6.07, 6.45) is 0. The Labute approximate surface area is 344 Å². The number of rotatable bonds is 8. The molecule has 0 fully saturated rings. The van der Waals surface area contributed by atoms with Crippen molar-refractivity contribution in [1.29, 1.82) is 0 Å². The maximum Gasteiger partial charge on any atom is 1.00 e. The summed E-state index contributed by atoms with van der Waals surface area (Å²) in [6, 6.07) is 22.4. The molecule has 7 N–H and O–H groups in total. The molecule has 5 aromatic carbocycles. The number of sulfonamides is 2. The number of primary sulfonamides is 2. The number of nitrogens with zero attached hydrogens (tertiary/aromatic N) is 7. The van der Waals surface area contributed by atoms with E-state index in [4.69, 9.17) is 10.3 Å². The first-order valence-electron chi connectivity index (χ1n) is 14.7. The molecule has 0 amide bonds. The molecule has 0 bridgehead atoms. The van der Waals surface area contributed by atoms with E-state index in [9.17, 15) is 47.1 Å². The van der Waals surface area contributed by atoms with Crippen LogP contribution >= 0.6 is 0 Å². The van der Waals surface area contributed by atoms with Crippen LogP contribution in [0.4, 0.5) is 28.4 Å². The van der Waals surface area contributed by atoms with Crippen LogP contribution < -0.4 is 45.4 Å². The number of phenolic OH excluding ortho intramolecular Hbond substituents is 3. The third kappa shape index (κ3) is 10.5. The number of nitro groups is 1. The molecular weight excluding hydrogens is 810 g/mol. The predicted molar refractivity (Wildman–Crippen MR) is 190 cm³/mol. The summed E-state index contributed by atoms with van der Waals surface area (Å²) < 4.78 is 46.7. The summed E-state index contributed by atoms with van der Waals surface area (Å²) in [5.74, 6) is -0.705. The average molecular weight is 836 g/mol. The van der Waals surface area contributed by atoms with Gasteiger partial charge in [0.1, 0.15) is 39.9 Å². The monoisotopic (exact) mass is 835 g/mol. The minimum atomic E-state index is -3.98. The van der Waals surface area contributed by atoms with Crippen molar-refractivity contribution < 1.29 is 84.0 Å². The Balaban J connectivity index is 0.000000289. The van der Waals surface area contributed by atoms with Crippen LogP contribution in [0.5, 0.6) is 17.2 Å². The molecular formula is C32H26CrN9NaO10S2.